The molecule has 0 bridgehead atoms. The van der Waals surface area contributed by atoms with Crippen molar-refractivity contribution in [2.24, 2.45) is 0 Å². The van der Waals surface area contributed by atoms with Crippen molar-refractivity contribution in [3.05, 3.63) is 57.6 Å². The van der Waals surface area contributed by atoms with E-state index in [0.29, 0.717) is 5.56 Å². The molecule has 1 radical (unpaired) electrons. The molecule has 0 unspecified atom stereocenters. The van der Waals surface area contributed by atoms with Gasteiger partial charge in [-0.05, 0) is 57.3 Å². The smallest absolute Gasteiger partial charge is 0.0991 e. The standard InChI is InChI=1S/C21H23BrN/c1-20(2,3)17-12-11-16(18(19(17)22)21(4,5)6)15-9-7-14(13-23)8-10-15/h7-10,12H,1-6H3. The molecule has 2 aromatic rings. The summed E-state index contributed by atoms with van der Waals surface area (Å²) >= 11 is 3.86. The predicted molar refractivity (Wildman–Crippen MR) is 101 cm³/mol. The zero-order chi connectivity index (χ0) is 17.4. The van der Waals surface area contributed by atoms with E-state index in [1.165, 1.54) is 11.1 Å². The number of hydrogen-bond donors (Lipinski definition) is 0. The number of rotatable bonds is 1. The van der Waals surface area contributed by atoms with Gasteiger partial charge >= 0.3 is 0 Å². The average Bonchev–Trinajstić information content (AvgIpc) is 2.44. The fraction of sp³-hybridized carbons (Fsp3) is 0.381. The van der Waals surface area contributed by atoms with Crippen LogP contribution >= 0.6 is 15.9 Å². The maximum atomic E-state index is 8.99. The topological polar surface area (TPSA) is 23.8 Å². The number of halogens is 1. The third-order valence-electron chi connectivity index (χ3n) is 3.93. The monoisotopic (exact) mass is 368 g/mol. The summed E-state index contributed by atoms with van der Waals surface area (Å²) in [6.07, 6.45) is 0. The maximum Gasteiger partial charge on any atom is 0.0991 e. The van der Waals surface area contributed by atoms with Crippen LogP contribution in [0.4, 0.5) is 0 Å². The van der Waals surface area contributed by atoms with E-state index in [-0.39, 0.29) is 10.8 Å². The molecule has 0 saturated heterocycles. The molecule has 0 aliphatic carbocycles. The van der Waals surface area contributed by atoms with Crippen LogP contribution in [0, 0.1) is 17.4 Å². The second-order valence-corrected chi connectivity index (χ2v) is 8.75. The van der Waals surface area contributed by atoms with E-state index in [2.05, 4.69) is 75.7 Å². The van der Waals surface area contributed by atoms with Gasteiger partial charge in [0.2, 0.25) is 0 Å². The van der Waals surface area contributed by atoms with Gasteiger partial charge in [0.25, 0.3) is 0 Å². The lowest BCUT2D eigenvalue weighted by Gasteiger charge is -2.30. The van der Waals surface area contributed by atoms with Crippen molar-refractivity contribution in [3.8, 4) is 17.2 Å². The summed E-state index contributed by atoms with van der Waals surface area (Å²) < 4.78 is 1.16. The molecule has 0 amide bonds. The van der Waals surface area contributed by atoms with Gasteiger partial charge in [-0.15, -0.1) is 0 Å². The summed E-state index contributed by atoms with van der Waals surface area (Å²) in [4.78, 5) is 0. The molecule has 119 valence electrons. The lowest BCUT2D eigenvalue weighted by atomic mass is 9.77. The Kier molecular flexibility index (Phi) is 4.74. The second-order valence-electron chi connectivity index (χ2n) is 7.96. The van der Waals surface area contributed by atoms with Gasteiger partial charge in [-0.3, -0.25) is 0 Å². The molecule has 2 rings (SSSR count). The number of nitrogens with zero attached hydrogens (tertiary/aromatic N) is 1. The van der Waals surface area contributed by atoms with E-state index in [0.717, 1.165) is 15.6 Å². The molecule has 0 aliphatic heterocycles. The SMILES string of the molecule is CC(C)(C)c1c[c]c(-c2ccc(C#N)cc2)c(C(C)(C)C)c1Br. The van der Waals surface area contributed by atoms with Gasteiger partial charge in [0, 0.05) is 4.47 Å². The molecule has 0 aromatic heterocycles. The Morgan fingerprint density at radius 1 is 0.957 bits per heavy atom. The van der Waals surface area contributed by atoms with E-state index >= 15 is 0 Å². The van der Waals surface area contributed by atoms with Gasteiger partial charge in [0.05, 0.1) is 11.6 Å². The van der Waals surface area contributed by atoms with Gasteiger partial charge in [0.1, 0.15) is 0 Å². The zero-order valence-corrected chi connectivity index (χ0v) is 16.3. The highest BCUT2D eigenvalue weighted by molar-refractivity contribution is 9.10. The highest BCUT2D eigenvalue weighted by Gasteiger charge is 2.27. The zero-order valence-electron chi connectivity index (χ0n) is 14.7. The molecule has 2 aromatic carbocycles. The first-order valence-electron chi connectivity index (χ1n) is 7.81. The number of benzene rings is 2. The quantitative estimate of drug-likeness (QED) is 0.572. The highest BCUT2D eigenvalue weighted by atomic mass is 79.9. The fourth-order valence-electron chi connectivity index (χ4n) is 2.71. The summed E-state index contributed by atoms with van der Waals surface area (Å²) in [5.41, 5.74) is 5.43. The van der Waals surface area contributed by atoms with Gasteiger partial charge in [0.15, 0.2) is 0 Å². The summed E-state index contributed by atoms with van der Waals surface area (Å²) in [5, 5.41) is 8.99. The minimum atomic E-state index is -0.0141. The van der Waals surface area contributed by atoms with E-state index in [1.54, 1.807) is 0 Å². The molecular formula is C21H23BrN. The lowest BCUT2D eigenvalue weighted by molar-refractivity contribution is 0.564. The van der Waals surface area contributed by atoms with Crippen LogP contribution in [0.1, 0.15) is 58.2 Å². The average molecular weight is 369 g/mol. The van der Waals surface area contributed by atoms with Gasteiger partial charge < -0.3 is 0 Å². The van der Waals surface area contributed by atoms with Crippen molar-refractivity contribution in [1.82, 2.24) is 0 Å². The van der Waals surface area contributed by atoms with Crippen molar-refractivity contribution in [2.75, 3.05) is 0 Å². The summed E-state index contributed by atoms with van der Waals surface area (Å²) in [5.74, 6) is 0. The van der Waals surface area contributed by atoms with E-state index < -0.39 is 0 Å². The second kappa shape index (κ2) is 6.13. The third-order valence-corrected chi connectivity index (χ3v) is 4.75. The Labute approximate surface area is 148 Å². The van der Waals surface area contributed by atoms with Gasteiger partial charge in [-0.25, -0.2) is 0 Å². The molecule has 0 N–H and O–H groups in total. The van der Waals surface area contributed by atoms with Crippen LogP contribution in [-0.2, 0) is 10.8 Å². The molecule has 0 heterocycles. The molecule has 1 nitrogen and oxygen atoms in total. The molecule has 23 heavy (non-hydrogen) atoms. The van der Waals surface area contributed by atoms with Crippen LogP contribution in [0.5, 0.6) is 0 Å². The first-order valence-corrected chi connectivity index (χ1v) is 8.60. The number of hydrogen-bond acceptors (Lipinski definition) is 1. The van der Waals surface area contributed by atoms with Gasteiger partial charge in [-0.2, -0.15) is 5.26 Å². The Bertz CT molecular complexity index is 751. The molecular weight excluding hydrogens is 346 g/mol. The Morgan fingerprint density at radius 3 is 1.96 bits per heavy atom. The summed E-state index contributed by atoms with van der Waals surface area (Å²) in [6, 6.07) is 15.5. The van der Waals surface area contributed by atoms with Crippen LogP contribution in [0.25, 0.3) is 11.1 Å². The van der Waals surface area contributed by atoms with Crippen molar-refractivity contribution in [2.45, 2.75) is 52.4 Å². The third kappa shape index (κ3) is 3.67. The van der Waals surface area contributed by atoms with Crippen molar-refractivity contribution < 1.29 is 0 Å². The minimum absolute atomic E-state index is 0.0141. The molecule has 2 heteroatoms. The van der Waals surface area contributed by atoms with E-state index in [9.17, 15) is 0 Å². The largest absolute Gasteiger partial charge is 0.192 e. The predicted octanol–water partition coefficient (Wildman–Crippen LogP) is 6.38. The minimum Gasteiger partial charge on any atom is -0.192 e. The van der Waals surface area contributed by atoms with Crippen LogP contribution < -0.4 is 0 Å². The molecule has 0 atom stereocenters. The molecule has 0 fully saturated rings. The summed E-state index contributed by atoms with van der Waals surface area (Å²) in [7, 11) is 0. The van der Waals surface area contributed by atoms with Crippen molar-refractivity contribution in [1.29, 1.82) is 5.26 Å². The normalized spacial score (nSPS) is 12.1. The van der Waals surface area contributed by atoms with E-state index in [1.807, 2.05) is 24.3 Å². The first kappa shape index (κ1) is 17.8. The Morgan fingerprint density at radius 2 is 1.52 bits per heavy atom. The lowest BCUT2D eigenvalue weighted by Crippen LogP contribution is -2.19. The van der Waals surface area contributed by atoms with Crippen LogP contribution in [-0.4, -0.2) is 0 Å². The van der Waals surface area contributed by atoms with Gasteiger partial charge in [-0.1, -0.05) is 69.6 Å². The van der Waals surface area contributed by atoms with Crippen molar-refractivity contribution in [3.63, 3.8) is 0 Å². The van der Waals surface area contributed by atoms with Crippen LogP contribution in [0.2, 0.25) is 0 Å². The van der Waals surface area contributed by atoms with Crippen molar-refractivity contribution >= 4 is 15.9 Å². The highest BCUT2D eigenvalue weighted by Crippen LogP contribution is 2.42. The van der Waals surface area contributed by atoms with Crippen LogP contribution in [0.3, 0.4) is 0 Å². The Hall–Kier alpha value is -1.59. The van der Waals surface area contributed by atoms with E-state index in [4.69, 9.17) is 5.26 Å². The van der Waals surface area contributed by atoms with Crippen LogP contribution in [0.15, 0.2) is 34.8 Å². The summed E-state index contributed by atoms with van der Waals surface area (Å²) in [6.45, 7) is 13.3. The Balaban J connectivity index is 2.74. The molecule has 0 spiro atoms. The molecule has 0 aliphatic rings. The molecule has 0 saturated carbocycles. The number of nitriles is 1. The fourth-order valence-corrected chi connectivity index (χ4v) is 4.22. The first-order chi connectivity index (χ1) is 10.6. The maximum absolute atomic E-state index is 8.99.